The second kappa shape index (κ2) is 4.22. The minimum Gasteiger partial charge on any atom is -0.505 e. The summed E-state index contributed by atoms with van der Waals surface area (Å²) in [5, 5.41) is 19.6. The number of carbonyl (C=O) groups excluding carboxylic acids is 1. The normalized spacial score (nSPS) is 10.0. The maximum Gasteiger partial charge on any atom is 0.271 e. The lowest BCUT2D eigenvalue weighted by molar-refractivity contribution is 0.0993. The maximum atomic E-state index is 11.1. The molecule has 0 saturated carbocycles. The highest BCUT2D eigenvalue weighted by Crippen LogP contribution is 2.31. The average Bonchev–Trinajstić information content (AvgIpc) is 2.38. The van der Waals surface area contributed by atoms with Gasteiger partial charge >= 0.3 is 0 Å². The number of nitriles is 1. The average molecular weight is 243 g/mol. The number of hydrogen-bond acceptors (Lipinski definition) is 5. The number of benzene rings is 1. The largest absolute Gasteiger partial charge is 0.505 e. The minimum absolute atomic E-state index is 0.0271. The van der Waals surface area contributed by atoms with Crippen LogP contribution in [0.2, 0.25) is 0 Å². The van der Waals surface area contributed by atoms with Crippen LogP contribution < -0.4 is 10.5 Å². The SMILES string of the molecule is COc1ccc2c(C#N)nc(C(N)=O)c(O)c2c1. The van der Waals surface area contributed by atoms with Crippen molar-refractivity contribution in [3.05, 3.63) is 29.6 Å². The van der Waals surface area contributed by atoms with Gasteiger partial charge in [0.05, 0.1) is 7.11 Å². The van der Waals surface area contributed by atoms with Gasteiger partial charge in [-0.2, -0.15) is 5.26 Å². The molecule has 0 saturated heterocycles. The number of aromatic nitrogens is 1. The fourth-order valence-corrected chi connectivity index (χ4v) is 1.66. The molecule has 0 unspecified atom stereocenters. The number of pyridine rings is 1. The number of amides is 1. The lowest BCUT2D eigenvalue weighted by atomic mass is 10.1. The molecule has 3 N–H and O–H groups in total. The van der Waals surface area contributed by atoms with E-state index in [0.717, 1.165) is 0 Å². The summed E-state index contributed by atoms with van der Waals surface area (Å²) in [6, 6.07) is 6.59. The van der Waals surface area contributed by atoms with Crippen LogP contribution in [0.4, 0.5) is 0 Å². The zero-order valence-corrected chi connectivity index (χ0v) is 9.47. The number of ether oxygens (including phenoxy) is 1. The number of aromatic hydroxyl groups is 1. The quantitative estimate of drug-likeness (QED) is 0.815. The first-order valence-corrected chi connectivity index (χ1v) is 4.99. The lowest BCUT2D eigenvalue weighted by Crippen LogP contribution is -2.14. The number of nitrogens with two attached hydrogens (primary N) is 1. The van der Waals surface area contributed by atoms with Crippen LogP contribution in [0.15, 0.2) is 18.2 Å². The van der Waals surface area contributed by atoms with E-state index >= 15 is 0 Å². The van der Waals surface area contributed by atoms with E-state index in [1.165, 1.54) is 13.2 Å². The molecule has 1 aromatic carbocycles. The fraction of sp³-hybridized carbons (Fsp3) is 0.0833. The Labute approximate surface area is 102 Å². The summed E-state index contributed by atoms with van der Waals surface area (Å²) >= 11 is 0. The Bertz CT molecular complexity index is 689. The number of methoxy groups -OCH3 is 1. The Morgan fingerprint density at radius 3 is 2.78 bits per heavy atom. The van der Waals surface area contributed by atoms with Crippen molar-refractivity contribution in [2.24, 2.45) is 5.73 Å². The van der Waals surface area contributed by atoms with Crippen molar-refractivity contribution in [3.63, 3.8) is 0 Å². The van der Waals surface area contributed by atoms with Gasteiger partial charge in [-0.1, -0.05) is 0 Å². The van der Waals surface area contributed by atoms with E-state index in [1.54, 1.807) is 12.1 Å². The minimum atomic E-state index is -0.895. The first kappa shape index (κ1) is 11.7. The van der Waals surface area contributed by atoms with Crippen LogP contribution in [0.25, 0.3) is 10.8 Å². The van der Waals surface area contributed by atoms with Crippen molar-refractivity contribution in [2.75, 3.05) is 7.11 Å². The molecule has 1 heterocycles. The van der Waals surface area contributed by atoms with E-state index in [4.69, 9.17) is 15.7 Å². The molecule has 0 aliphatic rings. The molecule has 0 spiro atoms. The molecule has 0 atom stereocenters. The van der Waals surface area contributed by atoms with E-state index in [1.807, 2.05) is 6.07 Å². The molecule has 0 aliphatic heterocycles. The zero-order valence-electron chi connectivity index (χ0n) is 9.47. The topological polar surface area (TPSA) is 109 Å². The Morgan fingerprint density at radius 1 is 1.50 bits per heavy atom. The molecule has 18 heavy (non-hydrogen) atoms. The molecule has 0 radical (unpaired) electrons. The van der Waals surface area contributed by atoms with Crippen molar-refractivity contribution in [2.45, 2.75) is 0 Å². The number of nitrogens with zero attached hydrogens (tertiary/aromatic N) is 2. The third-order valence-electron chi connectivity index (χ3n) is 2.52. The van der Waals surface area contributed by atoms with Crippen LogP contribution in [-0.4, -0.2) is 23.1 Å². The van der Waals surface area contributed by atoms with Gasteiger partial charge in [-0.25, -0.2) is 4.98 Å². The van der Waals surface area contributed by atoms with E-state index in [-0.39, 0.29) is 17.1 Å². The predicted molar refractivity (Wildman–Crippen MR) is 63.2 cm³/mol. The molecule has 90 valence electrons. The zero-order chi connectivity index (χ0) is 13.3. The van der Waals surface area contributed by atoms with Crippen LogP contribution in [0.1, 0.15) is 16.2 Å². The Hall–Kier alpha value is -2.81. The summed E-state index contributed by atoms with van der Waals surface area (Å²) < 4.78 is 5.02. The fourth-order valence-electron chi connectivity index (χ4n) is 1.66. The first-order chi connectivity index (χ1) is 8.58. The van der Waals surface area contributed by atoms with Crippen molar-refractivity contribution in [3.8, 4) is 17.6 Å². The summed E-state index contributed by atoms with van der Waals surface area (Å²) in [6.07, 6.45) is 0. The second-order valence-corrected chi connectivity index (χ2v) is 3.55. The summed E-state index contributed by atoms with van der Waals surface area (Å²) in [7, 11) is 1.47. The summed E-state index contributed by atoms with van der Waals surface area (Å²) in [6.45, 7) is 0. The molecule has 6 heteroatoms. The van der Waals surface area contributed by atoms with Gasteiger partial charge < -0.3 is 15.6 Å². The van der Waals surface area contributed by atoms with Crippen LogP contribution >= 0.6 is 0 Å². The van der Waals surface area contributed by atoms with Gasteiger partial charge in [-0.15, -0.1) is 0 Å². The van der Waals surface area contributed by atoms with E-state index in [2.05, 4.69) is 4.98 Å². The van der Waals surface area contributed by atoms with Gasteiger partial charge in [0, 0.05) is 10.8 Å². The van der Waals surface area contributed by atoms with Gasteiger partial charge in [0.25, 0.3) is 5.91 Å². The molecule has 1 amide bonds. The third-order valence-corrected chi connectivity index (χ3v) is 2.52. The van der Waals surface area contributed by atoms with Gasteiger partial charge in [-0.05, 0) is 18.2 Å². The molecule has 6 nitrogen and oxygen atoms in total. The predicted octanol–water partition coefficient (Wildman–Crippen LogP) is 0.920. The van der Waals surface area contributed by atoms with Crippen molar-refractivity contribution < 1.29 is 14.6 Å². The number of fused-ring (bicyclic) bond motifs is 1. The Balaban J connectivity index is 2.91. The van der Waals surface area contributed by atoms with Crippen LogP contribution in [0, 0.1) is 11.3 Å². The smallest absolute Gasteiger partial charge is 0.271 e. The molecular weight excluding hydrogens is 234 g/mol. The first-order valence-electron chi connectivity index (χ1n) is 4.99. The number of carbonyl (C=O) groups is 1. The molecule has 0 fully saturated rings. The highest BCUT2D eigenvalue weighted by atomic mass is 16.5. The highest BCUT2D eigenvalue weighted by Gasteiger charge is 2.17. The standard InChI is InChI=1S/C12H9N3O3/c1-18-6-2-3-7-8(4-6)11(16)10(12(14)17)15-9(7)5-13/h2-4,16H,1H3,(H2,14,17). The van der Waals surface area contributed by atoms with Gasteiger partial charge in [0.15, 0.2) is 11.4 Å². The third kappa shape index (κ3) is 1.68. The molecule has 0 bridgehead atoms. The van der Waals surface area contributed by atoms with Crippen LogP contribution in [0.3, 0.4) is 0 Å². The van der Waals surface area contributed by atoms with Gasteiger partial charge in [-0.3, -0.25) is 4.79 Å². The Kier molecular flexibility index (Phi) is 2.73. The number of hydrogen-bond donors (Lipinski definition) is 2. The molecule has 2 aromatic rings. The molecule has 0 aliphatic carbocycles. The number of rotatable bonds is 2. The van der Waals surface area contributed by atoms with Gasteiger partial charge in [0.2, 0.25) is 0 Å². The lowest BCUT2D eigenvalue weighted by Gasteiger charge is -2.08. The van der Waals surface area contributed by atoms with Gasteiger partial charge in [0.1, 0.15) is 17.5 Å². The van der Waals surface area contributed by atoms with Crippen molar-refractivity contribution >= 4 is 16.7 Å². The molecular formula is C12H9N3O3. The van der Waals surface area contributed by atoms with Crippen LogP contribution in [-0.2, 0) is 0 Å². The maximum absolute atomic E-state index is 11.1. The summed E-state index contributed by atoms with van der Waals surface area (Å²) in [5.41, 5.74) is 4.80. The summed E-state index contributed by atoms with van der Waals surface area (Å²) in [4.78, 5) is 14.9. The second-order valence-electron chi connectivity index (χ2n) is 3.55. The Morgan fingerprint density at radius 2 is 2.22 bits per heavy atom. The summed E-state index contributed by atoms with van der Waals surface area (Å²) in [5.74, 6) is -0.757. The van der Waals surface area contributed by atoms with Crippen LogP contribution in [0.5, 0.6) is 11.5 Å². The van der Waals surface area contributed by atoms with E-state index in [0.29, 0.717) is 16.5 Å². The highest BCUT2D eigenvalue weighted by molar-refractivity contribution is 6.02. The monoisotopic (exact) mass is 243 g/mol. The van der Waals surface area contributed by atoms with Crippen molar-refractivity contribution in [1.82, 2.24) is 4.98 Å². The number of primary amides is 1. The van der Waals surface area contributed by atoms with E-state index < -0.39 is 5.91 Å². The molecule has 1 aromatic heterocycles. The van der Waals surface area contributed by atoms with E-state index in [9.17, 15) is 9.90 Å². The molecule has 2 rings (SSSR count). The van der Waals surface area contributed by atoms with Crippen molar-refractivity contribution in [1.29, 1.82) is 5.26 Å².